The molecule has 40 heavy (non-hydrogen) atoms. The van der Waals surface area contributed by atoms with Crippen molar-refractivity contribution < 1.29 is 21.6 Å². The summed E-state index contributed by atoms with van der Waals surface area (Å²) in [6.45, 7) is 3.14. The number of rotatable bonds is 10. The van der Waals surface area contributed by atoms with Crippen LogP contribution in [0.15, 0.2) is 52.3 Å². The number of hydrogen-bond donors (Lipinski definition) is 0. The van der Waals surface area contributed by atoms with Crippen LogP contribution in [0.1, 0.15) is 49.4 Å². The van der Waals surface area contributed by atoms with Crippen LogP contribution in [0.25, 0.3) is 10.2 Å². The molecule has 0 radical (unpaired) electrons. The van der Waals surface area contributed by atoms with Gasteiger partial charge in [0.1, 0.15) is 5.52 Å². The summed E-state index contributed by atoms with van der Waals surface area (Å²) in [6.07, 6.45) is 6.08. The van der Waals surface area contributed by atoms with Gasteiger partial charge in [-0.3, -0.25) is 9.69 Å². The number of likely N-dealkylation sites (N-methyl/N-ethyl adjacent to an activating group) is 1. The molecule has 1 aliphatic rings. The zero-order valence-electron chi connectivity index (χ0n) is 23.2. The van der Waals surface area contributed by atoms with Gasteiger partial charge in [-0.25, -0.2) is 21.8 Å². The Bertz CT molecular complexity index is 1530. The maximum absolute atomic E-state index is 13.7. The molecule has 220 valence electrons. The predicted octanol–water partition coefficient (Wildman–Crippen LogP) is 4.67. The summed E-state index contributed by atoms with van der Waals surface area (Å²) in [5.74, 6) is -0.333. The van der Waals surface area contributed by atoms with Gasteiger partial charge in [0.15, 0.2) is 15.0 Å². The highest BCUT2D eigenvalue weighted by Crippen LogP contribution is 2.34. The van der Waals surface area contributed by atoms with E-state index in [0.717, 1.165) is 38.4 Å². The second-order valence-corrected chi connectivity index (χ2v) is 15.0. The number of para-hydroxylation sites is 1. The summed E-state index contributed by atoms with van der Waals surface area (Å²) in [5.41, 5.74) is 0.669. The van der Waals surface area contributed by atoms with Crippen LogP contribution in [0.2, 0.25) is 0 Å². The normalized spacial score (nSPS) is 14.9. The molecule has 1 amide bonds. The van der Waals surface area contributed by atoms with Crippen LogP contribution in [0, 0.1) is 0 Å². The number of nitrogens with zero attached hydrogens (tertiary/aromatic N) is 4. The van der Waals surface area contributed by atoms with Crippen LogP contribution in [0.3, 0.4) is 0 Å². The third-order valence-electron chi connectivity index (χ3n) is 7.02. The van der Waals surface area contributed by atoms with E-state index in [-0.39, 0.29) is 34.1 Å². The number of hydrogen-bond acceptors (Lipinski definition) is 8. The minimum Gasteiger partial charge on any atom is -0.308 e. The first kappa shape index (κ1) is 32.4. The first-order chi connectivity index (χ1) is 18.4. The lowest BCUT2D eigenvalue weighted by Gasteiger charge is -2.32. The Balaban J connectivity index is 0.00000441. The third-order valence-corrected chi connectivity index (χ3v) is 11.2. The van der Waals surface area contributed by atoms with Crippen LogP contribution >= 0.6 is 23.7 Å². The van der Waals surface area contributed by atoms with E-state index in [1.807, 2.05) is 25.9 Å². The number of anilines is 1. The topological polar surface area (TPSA) is 108 Å². The van der Waals surface area contributed by atoms with E-state index in [9.17, 15) is 21.6 Å². The summed E-state index contributed by atoms with van der Waals surface area (Å²) in [4.78, 5) is 22.0. The maximum atomic E-state index is 13.7. The Morgan fingerprint density at radius 2 is 1.62 bits per heavy atom. The number of benzene rings is 2. The number of halogens is 1. The number of sulfone groups is 1. The van der Waals surface area contributed by atoms with Crippen LogP contribution in [0.5, 0.6) is 0 Å². The molecule has 0 atom stereocenters. The van der Waals surface area contributed by atoms with Gasteiger partial charge in [-0.05, 0) is 63.3 Å². The number of amides is 1. The minimum atomic E-state index is -3.69. The fourth-order valence-corrected chi connectivity index (χ4v) is 8.57. The lowest BCUT2D eigenvalue weighted by atomic mass is 9.95. The molecule has 1 aromatic heterocycles. The highest BCUT2D eigenvalue weighted by molar-refractivity contribution is 7.91. The molecule has 0 bridgehead atoms. The molecule has 1 fully saturated rings. The van der Waals surface area contributed by atoms with Crippen LogP contribution in [-0.2, 0) is 19.9 Å². The summed E-state index contributed by atoms with van der Waals surface area (Å²) in [5, 5.41) is 0.388. The van der Waals surface area contributed by atoms with Gasteiger partial charge in [-0.15, -0.1) is 12.4 Å². The van der Waals surface area contributed by atoms with Crippen molar-refractivity contribution in [2.24, 2.45) is 0 Å². The second kappa shape index (κ2) is 13.3. The minimum absolute atomic E-state index is 0. The number of thiazole rings is 1. The molecule has 1 saturated carbocycles. The summed E-state index contributed by atoms with van der Waals surface area (Å²) in [7, 11) is -3.40. The molecule has 1 aliphatic carbocycles. The average Bonchev–Trinajstić information content (AvgIpc) is 3.33. The summed E-state index contributed by atoms with van der Waals surface area (Å²) >= 11 is 1.25. The Kier molecular flexibility index (Phi) is 10.7. The first-order valence-corrected chi connectivity index (χ1v) is 17.3. The maximum Gasteiger partial charge on any atom is 0.260 e. The monoisotopic (exact) mass is 628 g/mol. The van der Waals surface area contributed by atoms with E-state index >= 15 is 0 Å². The van der Waals surface area contributed by atoms with E-state index in [4.69, 9.17) is 0 Å². The van der Waals surface area contributed by atoms with E-state index in [1.165, 1.54) is 34.4 Å². The highest BCUT2D eigenvalue weighted by Gasteiger charge is 2.31. The number of fused-ring (bicyclic) bond motifs is 1. The first-order valence-electron chi connectivity index (χ1n) is 13.1. The highest BCUT2D eigenvalue weighted by atomic mass is 35.5. The number of sulfonamides is 1. The molecule has 2 aromatic carbocycles. The molecule has 1 heterocycles. The smallest absolute Gasteiger partial charge is 0.260 e. The van der Waals surface area contributed by atoms with Crippen molar-refractivity contribution in [3.05, 3.63) is 48.0 Å². The molecular formula is C27H37ClN4O5S3. The Morgan fingerprint density at radius 1 is 0.975 bits per heavy atom. The Labute approximate surface area is 247 Å². The number of carbonyl (C=O) groups is 1. The molecule has 0 spiro atoms. The van der Waals surface area contributed by atoms with E-state index < -0.39 is 19.9 Å². The lowest BCUT2D eigenvalue weighted by Crippen LogP contribution is -2.41. The molecular weight excluding hydrogens is 592 g/mol. The lowest BCUT2D eigenvalue weighted by molar-refractivity contribution is 0.0985. The van der Waals surface area contributed by atoms with Crippen molar-refractivity contribution in [3.63, 3.8) is 0 Å². The van der Waals surface area contributed by atoms with E-state index in [2.05, 4.69) is 4.98 Å². The van der Waals surface area contributed by atoms with Gasteiger partial charge < -0.3 is 4.90 Å². The van der Waals surface area contributed by atoms with Crippen molar-refractivity contribution >= 4 is 64.9 Å². The zero-order chi connectivity index (χ0) is 28.4. The van der Waals surface area contributed by atoms with Crippen LogP contribution < -0.4 is 4.90 Å². The molecule has 0 N–H and O–H groups in total. The van der Waals surface area contributed by atoms with Crippen LogP contribution in [0.4, 0.5) is 5.13 Å². The molecule has 0 saturated heterocycles. The fraction of sp³-hybridized carbons (Fsp3) is 0.481. The van der Waals surface area contributed by atoms with Gasteiger partial charge in [0.25, 0.3) is 5.91 Å². The van der Waals surface area contributed by atoms with Crippen molar-refractivity contribution in [1.29, 1.82) is 0 Å². The van der Waals surface area contributed by atoms with Gasteiger partial charge in [0, 0.05) is 37.5 Å². The fourth-order valence-electron chi connectivity index (χ4n) is 4.96. The SMILES string of the molecule is CCN(C1CCCCC1)S(=O)(=O)c1ccc(C(=O)N(CCN(C)C)c2nc3c(S(C)(=O)=O)cccc3s2)cc1.Cl. The average molecular weight is 629 g/mol. The largest absolute Gasteiger partial charge is 0.308 e. The molecule has 3 aromatic rings. The molecule has 0 aliphatic heterocycles. The molecule has 9 nitrogen and oxygen atoms in total. The van der Waals surface area contributed by atoms with Crippen molar-refractivity contribution in [1.82, 2.24) is 14.2 Å². The zero-order valence-corrected chi connectivity index (χ0v) is 26.5. The van der Waals surface area contributed by atoms with Gasteiger partial charge >= 0.3 is 0 Å². The van der Waals surface area contributed by atoms with Gasteiger partial charge in [0.05, 0.1) is 14.5 Å². The Hall–Kier alpha value is -2.09. The number of aromatic nitrogens is 1. The van der Waals surface area contributed by atoms with Gasteiger partial charge in [-0.2, -0.15) is 4.31 Å². The van der Waals surface area contributed by atoms with Gasteiger partial charge in [-0.1, -0.05) is 43.6 Å². The molecule has 13 heteroatoms. The van der Waals surface area contributed by atoms with E-state index in [1.54, 1.807) is 28.6 Å². The second-order valence-electron chi connectivity index (χ2n) is 10.2. The van der Waals surface area contributed by atoms with Crippen molar-refractivity contribution in [3.8, 4) is 0 Å². The van der Waals surface area contributed by atoms with Crippen LogP contribution in [-0.4, -0.2) is 83.0 Å². The number of carbonyl (C=O) groups excluding carboxylic acids is 1. The Morgan fingerprint density at radius 3 is 2.20 bits per heavy atom. The van der Waals surface area contributed by atoms with Crippen molar-refractivity contribution in [2.45, 2.75) is 54.9 Å². The third kappa shape index (κ3) is 7.03. The van der Waals surface area contributed by atoms with Gasteiger partial charge in [0.2, 0.25) is 10.0 Å². The quantitative estimate of drug-likeness (QED) is 0.321. The molecule has 4 rings (SSSR count). The predicted molar refractivity (Wildman–Crippen MR) is 163 cm³/mol. The van der Waals surface area contributed by atoms with Crippen molar-refractivity contribution in [2.75, 3.05) is 44.9 Å². The van der Waals surface area contributed by atoms with E-state index in [0.29, 0.717) is 40.5 Å². The molecule has 0 unspecified atom stereocenters. The summed E-state index contributed by atoms with van der Waals surface area (Å²) in [6, 6.07) is 11.1. The summed E-state index contributed by atoms with van der Waals surface area (Å²) < 4.78 is 53.8. The standard InChI is InChI=1S/C27H36N4O5S3.ClH/c1-5-31(21-10-7-6-8-11-21)39(35,36)22-16-14-20(15-17-22)26(32)30(19-18-29(2)3)27-28-25-23(37-27)12-9-13-24(25)38(4,33)34;/h9,12-17,21H,5-8,10-11,18-19H2,1-4H3;1H.